The number of nitrogens with one attached hydrogen (secondary N) is 2. The van der Waals surface area contributed by atoms with Crippen molar-refractivity contribution in [2.75, 3.05) is 5.32 Å². The lowest BCUT2D eigenvalue weighted by Crippen LogP contribution is -2.39. The maximum absolute atomic E-state index is 11.8. The molecule has 1 atom stereocenters. The van der Waals surface area contributed by atoms with Gasteiger partial charge in [0.25, 0.3) is 0 Å². The second kappa shape index (κ2) is 5.86. The highest BCUT2D eigenvalue weighted by atomic mass is 16.5. The number of rotatable bonds is 6. The highest BCUT2D eigenvalue weighted by Gasteiger charge is 2.25. The molecule has 2 rings (SSSR count). The number of ether oxygens (including phenoxy) is 1. The standard InChI is InChI=1S/C13H20N4O2/c1-8(2)19-11-6-7-14-13(17-11)15-9(3)12(18)16-10-4-5-10/h6-10H,4-5H2,1-3H3,(H,16,18)(H,14,15,17). The summed E-state index contributed by atoms with van der Waals surface area (Å²) in [6.07, 6.45) is 3.82. The fourth-order valence-electron chi connectivity index (χ4n) is 1.53. The van der Waals surface area contributed by atoms with E-state index in [-0.39, 0.29) is 18.1 Å². The van der Waals surface area contributed by atoms with Crippen molar-refractivity contribution in [2.24, 2.45) is 0 Å². The summed E-state index contributed by atoms with van der Waals surface area (Å²) in [6, 6.07) is 1.68. The van der Waals surface area contributed by atoms with E-state index >= 15 is 0 Å². The molecule has 1 aromatic rings. The highest BCUT2D eigenvalue weighted by molar-refractivity contribution is 5.84. The predicted octanol–water partition coefficient (Wildman–Crippen LogP) is 1.34. The van der Waals surface area contributed by atoms with E-state index in [1.807, 2.05) is 13.8 Å². The maximum atomic E-state index is 11.8. The Labute approximate surface area is 113 Å². The van der Waals surface area contributed by atoms with Crippen LogP contribution in [0.15, 0.2) is 12.3 Å². The Morgan fingerprint density at radius 1 is 1.42 bits per heavy atom. The molecule has 1 saturated carbocycles. The van der Waals surface area contributed by atoms with E-state index in [0.29, 0.717) is 17.9 Å². The molecule has 1 amide bonds. The van der Waals surface area contributed by atoms with Crippen molar-refractivity contribution in [1.29, 1.82) is 0 Å². The summed E-state index contributed by atoms with van der Waals surface area (Å²) < 4.78 is 5.48. The Bertz CT molecular complexity index is 446. The van der Waals surface area contributed by atoms with Crippen molar-refractivity contribution in [3.63, 3.8) is 0 Å². The van der Waals surface area contributed by atoms with Crippen LogP contribution < -0.4 is 15.4 Å². The number of anilines is 1. The molecule has 1 aliphatic rings. The van der Waals surface area contributed by atoms with Crippen LogP contribution in [0.3, 0.4) is 0 Å². The van der Waals surface area contributed by atoms with E-state index in [9.17, 15) is 4.79 Å². The maximum Gasteiger partial charge on any atom is 0.242 e. The Kier molecular flexibility index (Phi) is 4.19. The molecule has 2 N–H and O–H groups in total. The molecular formula is C13H20N4O2. The van der Waals surface area contributed by atoms with Gasteiger partial charge in [0.1, 0.15) is 6.04 Å². The number of carbonyl (C=O) groups excluding carboxylic acids is 1. The topological polar surface area (TPSA) is 76.1 Å². The van der Waals surface area contributed by atoms with Crippen molar-refractivity contribution >= 4 is 11.9 Å². The molecule has 6 heteroatoms. The predicted molar refractivity (Wildman–Crippen MR) is 72.0 cm³/mol. The highest BCUT2D eigenvalue weighted by Crippen LogP contribution is 2.19. The van der Waals surface area contributed by atoms with Crippen molar-refractivity contribution in [3.05, 3.63) is 12.3 Å². The lowest BCUT2D eigenvalue weighted by Gasteiger charge is -2.14. The van der Waals surface area contributed by atoms with E-state index in [1.165, 1.54) is 0 Å². The zero-order chi connectivity index (χ0) is 13.8. The quantitative estimate of drug-likeness (QED) is 0.811. The third-order valence-electron chi connectivity index (χ3n) is 2.65. The Morgan fingerprint density at radius 3 is 2.79 bits per heavy atom. The number of carbonyl (C=O) groups is 1. The average Bonchev–Trinajstić information content (AvgIpc) is 3.12. The second-order valence-corrected chi connectivity index (χ2v) is 5.03. The number of hydrogen-bond acceptors (Lipinski definition) is 5. The van der Waals surface area contributed by atoms with Gasteiger partial charge < -0.3 is 15.4 Å². The largest absolute Gasteiger partial charge is 0.475 e. The van der Waals surface area contributed by atoms with Gasteiger partial charge in [0, 0.05) is 18.3 Å². The summed E-state index contributed by atoms with van der Waals surface area (Å²) in [5.74, 6) is 0.875. The molecule has 0 spiro atoms. The van der Waals surface area contributed by atoms with Crippen LogP contribution >= 0.6 is 0 Å². The van der Waals surface area contributed by atoms with E-state index < -0.39 is 0 Å². The van der Waals surface area contributed by atoms with Crippen LogP contribution in [0.2, 0.25) is 0 Å². The zero-order valence-corrected chi connectivity index (χ0v) is 11.5. The first-order valence-corrected chi connectivity index (χ1v) is 6.61. The van der Waals surface area contributed by atoms with Crippen LogP contribution in [0.25, 0.3) is 0 Å². The number of amides is 1. The van der Waals surface area contributed by atoms with Gasteiger partial charge in [0.2, 0.25) is 17.7 Å². The molecule has 1 fully saturated rings. The third kappa shape index (κ3) is 4.39. The minimum atomic E-state index is -0.366. The van der Waals surface area contributed by atoms with E-state index in [2.05, 4.69) is 20.6 Å². The van der Waals surface area contributed by atoms with Crippen LogP contribution in [-0.2, 0) is 4.79 Å². The summed E-state index contributed by atoms with van der Waals surface area (Å²) in [7, 11) is 0. The first kappa shape index (κ1) is 13.6. The second-order valence-electron chi connectivity index (χ2n) is 5.03. The molecule has 1 aromatic heterocycles. The van der Waals surface area contributed by atoms with Gasteiger partial charge in [-0.25, -0.2) is 4.98 Å². The van der Waals surface area contributed by atoms with Crippen LogP contribution in [0.5, 0.6) is 5.88 Å². The third-order valence-corrected chi connectivity index (χ3v) is 2.65. The molecule has 104 valence electrons. The van der Waals surface area contributed by atoms with Gasteiger partial charge in [-0.15, -0.1) is 0 Å². The van der Waals surface area contributed by atoms with E-state index in [4.69, 9.17) is 4.74 Å². The lowest BCUT2D eigenvalue weighted by molar-refractivity contribution is -0.121. The van der Waals surface area contributed by atoms with Crippen molar-refractivity contribution in [2.45, 2.75) is 51.8 Å². The average molecular weight is 264 g/mol. The van der Waals surface area contributed by atoms with Crippen LogP contribution in [0, 0.1) is 0 Å². The Morgan fingerprint density at radius 2 is 2.16 bits per heavy atom. The lowest BCUT2D eigenvalue weighted by atomic mass is 10.3. The number of hydrogen-bond donors (Lipinski definition) is 2. The molecule has 0 aromatic carbocycles. The first-order chi connectivity index (χ1) is 9.04. The zero-order valence-electron chi connectivity index (χ0n) is 11.5. The van der Waals surface area contributed by atoms with Gasteiger partial charge in [-0.1, -0.05) is 0 Å². The Hall–Kier alpha value is -1.85. The van der Waals surface area contributed by atoms with Gasteiger partial charge in [0.05, 0.1) is 6.10 Å². The molecule has 0 saturated heterocycles. The number of aromatic nitrogens is 2. The van der Waals surface area contributed by atoms with Gasteiger partial charge in [-0.2, -0.15) is 4.98 Å². The summed E-state index contributed by atoms with van der Waals surface area (Å²) >= 11 is 0. The molecule has 1 aliphatic carbocycles. The molecular weight excluding hydrogens is 244 g/mol. The van der Waals surface area contributed by atoms with Crippen LogP contribution in [0.4, 0.5) is 5.95 Å². The van der Waals surface area contributed by atoms with Crippen LogP contribution in [-0.4, -0.2) is 34.1 Å². The summed E-state index contributed by atoms with van der Waals surface area (Å²) in [5, 5.41) is 5.91. The van der Waals surface area contributed by atoms with Gasteiger partial charge in [-0.05, 0) is 33.6 Å². The minimum Gasteiger partial charge on any atom is -0.475 e. The monoisotopic (exact) mass is 264 g/mol. The van der Waals surface area contributed by atoms with Gasteiger partial charge in [-0.3, -0.25) is 4.79 Å². The van der Waals surface area contributed by atoms with Gasteiger partial charge in [0.15, 0.2) is 0 Å². The normalized spacial score (nSPS) is 16.0. The van der Waals surface area contributed by atoms with Crippen molar-refractivity contribution in [1.82, 2.24) is 15.3 Å². The molecule has 19 heavy (non-hydrogen) atoms. The molecule has 6 nitrogen and oxygen atoms in total. The van der Waals surface area contributed by atoms with Crippen LogP contribution in [0.1, 0.15) is 33.6 Å². The molecule has 1 unspecified atom stereocenters. The smallest absolute Gasteiger partial charge is 0.242 e. The summed E-state index contributed by atoms with van der Waals surface area (Å²) in [5.41, 5.74) is 0. The van der Waals surface area contributed by atoms with E-state index in [1.54, 1.807) is 19.2 Å². The fourth-order valence-corrected chi connectivity index (χ4v) is 1.53. The molecule has 0 bridgehead atoms. The first-order valence-electron chi connectivity index (χ1n) is 6.61. The SMILES string of the molecule is CC(C)Oc1ccnc(NC(C)C(=O)NC2CC2)n1. The number of nitrogens with zero attached hydrogens (tertiary/aromatic N) is 2. The van der Waals surface area contributed by atoms with E-state index in [0.717, 1.165) is 12.8 Å². The summed E-state index contributed by atoms with van der Waals surface area (Å²) in [6.45, 7) is 5.65. The van der Waals surface area contributed by atoms with Crippen molar-refractivity contribution in [3.8, 4) is 5.88 Å². The molecule has 1 heterocycles. The minimum absolute atomic E-state index is 0.0266. The summed E-state index contributed by atoms with van der Waals surface area (Å²) in [4.78, 5) is 20.1. The Balaban J connectivity index is 1.91. The van der Waals surface area contributed by atoms with Gasteiger partial charge >= 0.3 is 0 Å². The molecule has 0 radical (unpaired) electrons. The fraction of sp³-hybridized carbons (Fsp3) is 0.615. The molecule has 0 aliphatic heterocycles. The van der Waals surface area contributed by atoms with Crippen molar-refractivity contribution < 1.29 is 9.53 Å².